The molecule has 0 radical (unpaired) electrons. The number of ether oxygens (including phenoxy) is 1. The fraction of sp³-hybridized carbons (Fsp3) is 0.435. The van der Waals surface area contributed by atoms with Crippen LogP contribution in [0.3, 0.4) is 0 Å². The molecular formula is C23H29NO2. The Bertz CT molecular complexity index is 695. The molecule has 0 fully saturated rings. The maximum Gasteiger partial charge on any atom is 0.407 e. The number of carbonyl (C=O) groups is 1. The summed E-state index contributed by atoms with van der Waals surface area (Å²) in [5.74, 6) is 0.119. The molecule has 3 heteroatoms. The lowest BCUT2D eigenvalue weighted by Gasteiger charge is -2.19. The highest BCUT2D eigenvalue weighted by Gasteiger charge is 2.29. The Morgan fingerprint density at radius 2 is 1.62 bits per heavy atom. The van der Waals surface area contributed by atoms with Gasteiger partial charge in [-0.1, -0.05) is 81.6 Å². The molecule has 0 heterocycles. The van der Waals surface area contributed by atoms with E-state index in [1.54, 1.807) is 0 Å². The molecule has 1 atom stereocenters. The number of carbonyl (C=O) groups excluding carboxylic acids is 1. The second-order valence-electron chi connectivity index (χ2n) is 7.07. The molecule has 0 aliphatic heterocycles. The van der Waals surface area contributed by atoms with Gasteiger partial charge in [0.25, 0.3) is 0 Å². The van der Waals surface area contributed by atoms with Crippen LogP contribution in [0.1, 0.15) is 63.0 Å². The quantitative estimate of drug-likeness (QED) is 0.603. The Balaban J connectivity index is 1.62. The van der Waals surface area contributed by atoms with Gasteiger partial charge in [0.05, 0.1) is 0 Å². The van der Waals surface area contributed by atoms with Gasteiger partial charge in [0.2, 0.25) is 0 Å². The Labute approximate surface area is 156 Å². The normalized spacial score (nSPS) is 13.8. The smallest absolute Gasteiger partial charge is 0.407 e. The van der Waals surface area contributed by atoms with E-state index in [1.165, 1.54) is 35.1 Å². The molecule has 3 nitrogen and oxygen atoms in total. The monoisotopic (exact) mass is 351 g/mol. The molecule has 1 aliphatic carbocycles. The lowest BCUT2D eigenvalue weighted by atomic mass is 9.98. The van der Waals surface area contributed by atoms with Crippen molar-refractivity contribution < 1.29 is 9.53 Å². The summed E-state index contributed by atoms with van der Waals surface area (Å²) in [4.78, 5) is 12.3. The molecule has 3 rings (SSSR count). The number of unbranched alkanes of at least 4 members (excludes halogenated alkanes) is 2. The van der Waals surface area contributed by atoms with Crippen molar-refractivity contribution in [2.24, 2.45) is 0 Å². The number of amides is 1. The van der Waals surface area contributed by atoms with E-state index in [1.807, 2.05) is 0 Å². The van der Waals surface area contributed by atoms with E-state index >= 15 is 0 Å². The third-order valence-corrected chi connectivity index (χ3v) is 5.31. The van der Waals surface area contributed by atoms with Crippen LogP contribution >= 0.6 is 0 Å². The second kappa shape index (κ2) is 8.88. The summed E-state index contributed by atoms with van der Waals surface area (Å²) in [6, 6.07) is 17.0. The van der Waals surface area contributed by atoms with E-state index in [0.717, 1.165) is 19.3 Å². The number of alkyl carbamates (subject to hydrolysis) is 1. The topological polar surface area (TPSA) is 38.3 Å². The molecule has 0 unspecified atom stereocenters. The summed E-state index contributed by atoms with van der Waals surface area (Å²) < 4.78 is 5.63. The van der Waals surface area contributed by atoms with Crippen molar-refractivity contribution in [1.82, 2.24) is 5.32 Å². The highest BCUT2D eigenvalue weighted by molar-refractivity contribution is 5.79. The van der Waals surface area contributed by atoms with Gasteiger partial charge in [-0.25, -0.2) is 4.79 Å². The number of hydrogen-bond donors (Lipinski definition) is 1. The third-order valence-electron chi connectivity index (χ3n) is 5.31. The molecule has 1 aliphatic rings. The lowest BCUT2D eigenvalue weighted by Crippen LogP contribution is -2.35. The minimum atomic E-state index is -0.296. The number of hydrogen-bond acceptors (Lipinski definition) is 2. The number of benzene rings is 2. The molecule has 26 heavy (non-hydrogen) atoms. The number of nitrogens with one attached hydrogen (secondary N) is 1. The average molecular weight is 351 g/mol. The zero-order valence-electron chi connectivity index (χ0n) is 15.8. The summed E-state index contributed by atoms with van der Waals surface area (Å²) in [6.07, 6.45) is 5.22. The van der Waals surface area contributed by atoms with E-state index < -0.39 is 0 Å². The molecule has 1 N–H and O–H groups in total. The van der Waals surface area contributed by atoms with Crippen molar-refractivity contribution in [2.75, 3.05) is 6.61 Å². The Morgan fingerprint density at radius 3 is 2.19 bits per heavy atom. The van der Waals surface area contributed by atoms with E-state index in [2.05, 4.69) is 67.7 Å². The van der Waals surface area contributed by atoms with Crippen LogP contribution < -0.4 is 5.32 Å². The van der Waals surface area contributed by atoms with Crippen molar-refractivity contribution in [2.45, 2.75) is 57.9 Å². The van der Waals surface area contributed by atoms with E-state index in [0.29, 0.717) is 6.61 Å². The van der Waals surface area contributed by atoms with Crippen molar-refractivity contribution in [3.8, 4) is 11.1 Å². The standard InChI is InChI=1S/C23H29NO2/c1-3-5-6-11-17(4-2)24-23(25)26-16-22-20-14-9-7-12-18(20)19-13-8-10-15-21(19)22/h7-10,12-15,17,22H,3-6,11,16H2,1-2H3,(H,24,25)/t17-/m1/s1. The fourth-order valence-corrected chi connectivity index (χ4v) is 3.83. The summed E-state index contributed by atoms with van der Waals surface area (Å²) in [5.41, 5.74) is 5.00. The van der Waals surface area contributed by atoms with Gasteiger partial charge in [0.15, 0.2) is 0 Å². The molecular weight excluding hydrogens is 322 g/mol. The zero-order chi connectivity index (χ0) is 18.4. The average Bonchev–Trinajstić information content (AvgIpc) is 2.99. The van der Waals surface area contributed by atoms with Crippen LogP contribution in [-0.4, -0.2) is 18.7 Å². The molecule has 0 bridgehead atoms. The van der Waals surface area contributed by atoms with Crippen LogP contribution in [0.2, 0.25) is 0 Å². The molecule has 0 aromatic heterocycles. The number of rotatable bonds is 8. The summed E-state index contributed by atoms with van der Waals surface area (Å²) in [5, 5.41) is 3.04. The van der Waals surface area contributed by atoms with Crippen LogP contribution in [-0.2, 0) is 4.74 Å². The van der Waals surface area contributed by atoms with Gasteiger partial charge in [-0.2, -0.15) is 0 Å². The van der Waals surface area contributed by atoms with Crippen molar-refractivity contribution >= 4 is 6.09 Å². The number of fused-ring (bicyclic) bond motifs is 3. The third kappa shape index (κ3) is 4.09. The maximum atomic E-state index is 12.3. The molecule has 0 saturated heterocycles. The first-order valence-corrected chi connectivity index (χ1v) is 9.86. The van der Waals surface area contributed by atoms with E-state index in [4.69, 9.17) is 4.74 Å². The zero-order valence-corrected chi connectivity index (χ0v) is 15.8. The SMILES string of the molecule is CCCCC[C@@H](CC)NC(=O)OCC1c2ccccc2-c2ccccc21. The first kappa shape index (κ1) is 18.5. The van der Waals surface area contributed by atoms with Crippen molar-refractivity contribution in [1.29, 1.82) is 0 Å². The van der Waals surface area contributed by atoms with Crippen LogP contribution in [0.5, 0.6) is 0 Å². The van der Waals surface area contributed by atoms with Crippen LogP contribution in [0, 0.1) is 0 Å². The van der Waals surface area contributed by atoms with Gasteiger partial charge in [0, 0.05) is 12.0 Å². The van der Waals surface area contributed by atoms with Gasteiger partial charge in [-0.15, -0.1) is 0 Å². The van der Waals surface area contributed by atoms with Gasteiger partial charge >= 0.3 is 6.09 Å². The maximum absolute atomic E-state index is 12.3. The highest BCUT2D eigenvalue weighted by atomic mass is 16.5. The highest BCUT2D eigenvalue weighted by Crippen LogP contribution is 2.44. The first-order valence-electron chi connectivity index (χ1n) is 9.86. The summed E-state index contributed by atoms with van der Waals surface area (Å²) in [6.45, 7) is 4.69. The minimum Gasteiger partial charge on any atom is -0.449 e. The molecule has 2 aromatic carbocycles. The predicted molar refractivity (Wildman–Crippen MR) is 106 cm³/mol. The largest absolute Gasteiger partial charge is 0.449 e. The lowest BCUT2D eigenvalue weighted by molar-refractivity contribution is 0.138. The Kier molecular flexibility index (Phi) is 6.32. The van der Waals surface area contributed by atoms with Crippen molar-refractivity contribution in [3.63, 3.8) is 0 Å². The summed E-state index contributed by atoms with van der Waals surface area (Å²) in [7, 11) is 0. The van der Waals surface area contributed by atoms with Crippen molar-refractivity contribution in [3.05, 3.63) is 59.7 Å². The van der Waals surface area contributed by atoms with Gasteiger partial charge in [0.1, 0.15) is 6.61 Å². The van der Waals surface area contributed by atoms with Gasteiger partial charge < -0.3 is 10.1 Å². The van der Waals surface area contributed by atoms with E-state index in [-0.39, 0.29) is 18.1 Å². The van der Waals surface area contributed by atoms with Crippen LogP contribution in [0.4, 0.5) is 4.79 Å². The predicted octanol–water partition coefficient (Wildman–Crippen LogP) is 5.88. The fourth-order valence-electron chi connectivity index (χ4n) is 3.83. The molecule has 0 saturated carbocycles. The van der Waals surface area contributed by atoms with Crippen LogP contribution in [0.25, 0.3) is 11.1 Å². The Hall–Kier alpha value is -2.29. The van der Waals surface area contributed by atoms with E-state index in [9.17, 15) is 4.79 Å². The van der Waals surface area contributed by atoms with Gasteiger partial charge in [-0.3, -0.25) is 0 Å². The second-order valence-corrected chi connectivity index (χ2v) is 7.07. The molecule has 0 spiro atoms. The Morgan fingerprint density at radius 1 is 1.00 bits per heavy atom. The molecule has 2 aromatic rings. The first-order chi connectivity index (χ1) is 12.7. The molecule has 1 amide bonds. The van der Waals surface area contributed by atoms with Gasteiger partial charge in [-0.05, 0) is 35.1 Å². The van der Waals surface area contributed by atoms with Crippen LogP contribution in [0.15, 0.2) is 48.5 Å². The minimum absolute atomic E-state index is 0.119. The summed E-state index contributed by atoms with van der Waals surface area (Å²) >= 11 is 0. The molecule has 138 valence electrons.